The van der Waals surface area contributed by atoms with Crippen LogP contribution in [0.2, 0.25) is 0 Å². The highest BCUT2D eigenvalue weighted by Crippen LogP contribution is 2.35. The number of ether oxygens (including phenoxy) is 1. The number of urea groups is 1. The molecule has 1 aliphatic carbocycles. The number of aryl methyl sites for hydroxylation is 2. The van der Waals surface area contributed by atoms with Gasteiger partial charge >= 0.3 is 6.03 Å². The Morgan fingerprint density at radius 1 is 1.16 bits per heavy atom. The molecule has 0 bridgehead atoms. The van der Waals surface area contributed by atoms with Crippen LogP contribution < -0.4 is 10.1 Å². The van der Waals surface area contributed by atoms with E-state index in [-0.39, 0.29) is 18.1 Å². The molecular formula is C26H32N4O2. The van der Waals surface area contributed by atoms with Crippen LogP contribution in [0.3, 0.4) is 0 Å². The van der Waals surface area contributed by atoms with Crippen molar-refractivity contribution in [3.8, 4) is 17.3 Å². The van der Waals surface area contributed by atoms with Crippen molar-refractivity contribution in [3.63, 3.8) is 0 Å². The molecule has 0 atom stereocenters. The second-order valence-corrected chi connectivity index (χ2v) is 8.71. The maximum atomic E-state index is 13.0. The summed E-state index contributed by atoms with van der Waals surface area (Å²) >= 11 is 0. The quantitative estimate of drug-likeness (QED) is 0.503. The maximum absolute atomic E-state index is 13.0. The van der Waals surface area contributed by atoms with E-state index >= 15 is 0 Å². The first-order valence-corrected chi connectivity index (χ1v) is 11.4. The van der Waals surface area contributed by atoms with Crippen molar-refractivity contribution in [2.45, 2.75) is 65.6 Å². The average Bonchev–Trinajstić information content (AvgIpc) is 3.56. The molecule has 0 unspecified atom stereocenters. The molecule has 0 aliphatic heterocycles. The molecular weight excluding hydrogens is 400 g/mol. The van der Waals surface area contributed by atoms with E-state index in [4.69, 9.17) is 9.84 Å². The van der Waals surface area contributed by atoms with E-state index in [0.717, 1.165) is 42.0 Å². The topological polar surface area (TPSA) is 59.4 Å². The van der Waals surface area contributed by atoms with Gasteiger partial charge < -0.3 is 15.0 Å². The van der Waals surface area contributed by atoms with Crippen molar-refractivity contribution in [1.29, 1.82) is 0 Å². The molecule has 2 aromatic carbocycles. The highest BCUT2D eigenvalue weighted by atomic mass is 16.5. The predicted molar refractivity (Wildman–Crippen MR) is 126 cm³/mol. The number of carbonyl (C=O) groups excluding carboxylic acids is 1. The molecule has 1 aliphatic rings. The van der Waals surface area contributed by atoms with E-state index in [0.29, 0.717) is 12.4 Å². The molecule has 3 aromatic rings. The summed E-state index contributed by atoms with van der Waals surface area (Å²) in [6.07, 6.45) is 2.83. The van der Waals surface area contributed by atoms with Gasteiger partial charge in [-0.2, -0.15) is 5.10 Å². The second kappa shape index (κ2) is 9.47. The van der Waals surface area contributed by atoms with Gasteiger partial charge in [0.15, 0.2) is 0 Å². The zero-order valence-electron chi connectivity index (χ0n) is 19.3. The monoisotopic (exact) mass is 432 g/mol. The number of nitrogens with zero attached hydrogens (tertiary/aromatic N) is 3. The summed E-state index contributed by atoms with van der Waals surface area (Å²) in [6.45, 7) is 8.59. The molecule has 1 fully saturated rings. The Hall–Kier alpha value is -3.28. The summed E-state index contributed by atoms with van der Waals surface area (Å²) in [7, 11) is 0. The summed E-state index contributed by atoms with van der Waals surface area (Å²) < 4.78 is 8.30. The largest absolute Gasteiger partial charge is 0.439 e. The van der Waals surface area contributed by atoms with Crippen molar-refractivity contribution in [2.24, 2.45) is 0 Å². The molecule has 1 N–H and O–H groups in total. The van der Waals surface area contributed by atoms with Gasteiger partial charge in [0.25, 0.3) is 0 Å². The third-order valence-electron chi connectivity index (χ3n) is 5.58. The van der Waals surface area contributed by atoms with Gasteiger partial charge in [-0.25, -0.2) is 9.48 Å². The Balaban J connectivity index is 1.76. The fourth-order valence-electron chi connectivity index (χ4n) is 3.74. The van der Waals surface area contributed by atoms with Gasteiger partial charge in [0.2, 0.25) is 5.88 Å². The SMILES string of the molecule is CCc1nn(-c2ccccc2)c(Oc2ccc(C)cc2)c1CN(C(=O)NC(C)C)C1CC1. The van der Waals surface area contributed by atoms with Crippen LogP contribution in [0.25, 0.3) is 5.69 Å². The lowest BCUT2D eigenvalue weighted by Crippen LogP contribution is -2.43. The minimum absolute atomic E-state index is 0.0294. The molecule has 0 radical (unpaired) electrons. The molecule has 0 saturated heterocycles. The number of carbonyl (C=O) groups is 1. The molecule has 168 valence electrons. The van der Waals surface area contributed by atoms with Crippen molar-refractivity contribution < 1.29 is 9.53 Å². The lowest BCUT2D eigenvalue weighted by molar-refractivity contribution is 0.188. The maximum Gasteiger partial charge on any atom is 0.318 e. The zero-order chi connectivity index (χ0) is 22.7. The number of hydrogen-bond acceptors (Lipinski definition) is 3. The van der Waals surface area contributed by atoms with Crippen molar-refractivity contribution in [2.75, 3.05) is 0 Å². The fraction of sp³-hybridized carbons (Fsp3) is 0.385. The standard InChI is InChI=1S/C26H32N4O2/c1-5-24-23(17-29(20-13-14-20)26(31)27-18(2)3)25(32-22-15-11-19(4)12-16-22)30(28-24)21-9-7-6-8-10-21/h6-12,15-16,18,20H,5,13-14,17H2,1-4H3,(H,27,31). The van der Waals surface area contributed by atoms with Crippen LogP contribution in [0, 0.1) is 6.92 Å². The Morgan fingerprint density at radius 3 is 2.44 bits per heavy atom. The number of rotatable bonds is 8. The zero-order valence-corrected chi connectivity index (χ0v) is 19.3. The van der Waals surface area contributed by atoms with E-state index in [2.05, 4.69) is 19.2 Å². The molecule has 32 heavy (non-hydrogen) atoms. The summed E-state index contributed by atoms with van der Waals surface area (Å²) in [4.78, 5) is 14.9. The third kappa shape index (κ3) is 4.96. The van der Waals surface area contributed by atoms with Gasteiger partial charge in [-0.3, -0.25) is 0 Å². The lowest BCUT2D eigenvalue weighted by Gasteiger charge is -2.24. The Bertz CT molecular complexity index is 1050. The molecule has 0 spiro atoms. The van der Waals surface area contributed by atoms with Gasteiger partial charge in [-0.15, -0.1) is 0 Å². The number of nitrogens with one attached hydrogen (secondary N) is 1. The Morgan fingerprint density at radius 2 is 1.84 bits per heavy atom. The van der Waals surface area contributed by atoms with Crippen LogP contribution in [-0.4, -0.2) is 32.8 Å². The van der Waals surface area contributed by atoms with Crippen molar-refractivity contribution in [1.82, 2.24) is 20.0 Å². The van der Waals surface area contributed by atoms with E-state index in [1.54, 1.807) is 0 Å². The minimum atomic E-state index is -0.0294. The number of aromatic nitrogens is 2. The highest BCUT2D eigenvalue weighted by molar-refractivity contribution is 5.75. The molecule has 6 nitrogen and oxygen atoms in total. The van der Waals surface area contributed by atoms with Crippen molar-refractivity contribution >= 4 is 6.03 Å². The lowest BCUT2D eigenvalue weighted by atomic mass is 10.2. The van der Waals surface area contributed by atoms with Crippen molar-refractivity contribution in [3.05, 3.63) is 71.4 Å². The van der Waals surface area contributed by atoms with E-state index < -0.39 is 0 Å². The summed E-state index contributed by atoms with van der Waals surface area (Å²) in [5.41, 5.74) is 4.01. The highest BCUT2D eigenvalue weighted by Gasteiger charge is 2.35. The second-order valence-electron chi connectivity index (χ2n) is 8.71. The van der Waals surface area contributed by atoms with Gasteiger partial charge in [-0.05, 0) is 64.3 Å². The smallest absolute Gasteiger partial charge is 0.318 e. The van der Waals surface area contributed by atoms with Gasteiger partial charge in [0, 0.05) is 12.1 Å². The van der Waals surface area contributed by atoms with Crippen LogP contribution >= 0.6 is 0 Å². The number of hydrogen-bond donors (Lipinski definition) is 1. The van der Waals surface area contributed by atoms with Crippen LogP contribution in [0.15, 0.2) is 54.6 Å². The van der Waals surface area contributed by atoms with Crippen LogP contribution in [0.1, 0.15) is 50.4 Å². The van der Waals surface area contributed by atoms with Crippen LogP contribution in [0.5, 0.6) is 11.6 Å². The first-order chi connectivity index (χ1) is 15.5. The molecule has 1 aromatic heterocycles. The molecule has 6 heteroatoms. The van der Waals surface area contributed by atoms with E-state index in [9.17, 15) is 4.79 Å². The minimum Gasteiger partial charge on any atom is -0.439 e. The molecule has 4 rings (SSSR count). The molecule has 2 amide bonds. The normalized spacial score (nSPS) is 13.3. The van der Waals surface area contributed by atoms with E-state index in [1.807, 2.05) is 78.0 Å². The molecule has 1 heterocycles. The van der Waals surface area contributed by atoms with Gasteiger partial charge in [0.1, 0.15) is 5.75 Å². The summed E-state index contributed by atoms with van der Waals surface area (Å²) in [6, 6.07) is 18.3. The predicted octanol–water partition coefficient (Wildman–Crippen LogP) is 5.62. The molecule has 1 saturated carbocycles. The van der Waals surface area contributed by atoms with Crippen LogP contribution in [-0.2, 0) is 13.0 Å². The Labute approximate surface area is 190 Å². The first kappa shape index (κ1) is 21.9. The fourth-order valence-corrected chi connectivity index (χ4v) is 3.74. The first-order valence-electron chi connectivity index (χ1n) is 11.4. The van der Waals surface area contributed by atoms with Crippen LogP contribution in [0.4, 0.5) is 4.79 Å². The van der Waals surface area contributed by atoms with E-state index in [1.165, 1.54) is 5.56 Å². The van der Waals surface area contributed by atoms with Gasteiger partial charge in [0.05, 0.1) is 23.5 Å². The average molecular weight is 433 g/mol. The summed E-state index contributed by atoms with van der Waals surface area (Å²) in [5, 5.41) is 7.95. The summed E-state index contributed by atoms with van der Waals surface area (Å²) in [5.74, 6) is 1.42. The Kier molecular flexibility index (Phi) is 6.49. The number of benzene rings is 2. The third-order valence-corrected chi connectivity index (χ3v) is 5.58. The number of amides is 2. The number of para-hydroxylation sites is 1. The van der Waals surface area contributed by atoms with Gasteiger partial charge in [-0.1, -0.05) is 42.8 Å².